The van der Waals surface area contributed by atoms with Gasteiger partial charge in [0.1, 0.15) is 0 Å². The maximum Gasteiger partial charge on any atom is 0.0649 e. The van der Waals surface area contributed by atoms with Crippen molar-refractivity contribution in [3.05, 3.63) is 47.3 Å². The highest BCUT2D eigenvalue weighted by molar-refractivity contribution is 5.37. The zero-order chi connectivity index (χ0) is 11.5. The van der Waals surface area contributed by atoms with Gasteiger partial charge in [0, 0.05) is 5.69 Å². The molecule has 0 saturated heterocycles. The summed E-state index contributed by atoms with van der Waals surface area (Å²) in [4.78, 5) is 0. The van der Waals surface area contributed by atoms with Crippen molar-refractivity contribution in [2.75, 3.05) is 0 Å². The lowest BCUT2D eigenvalue weighted by atomic mass is 10.1. The van der Waals surface area contributed by atoms with Gasteiger partial charge in [-0.2, -0.15) is 5.10 Å². The second kappa shape index (κ2) is 4.52. The fourth-order valence-electron chi connectivity index (χ4n) is 2.21. The second-order valence-electron chi connectivity index (χ2n) is 3.97. The van der Waals surface area contributed by atoms with E-state index in [1.54, 1.807) is 0 Å². The van der Waals surface area contributed by atoms with Crippen molar-refractivity contribution in [2.24, 2.45) is 0 Å². The Morgan fingerprint density at radius 2 is 1.75 bits per heavy atom. The summed E-state index contributed by atoms with van der Waals surface area (Å²) in [5.74, 6) is 0. The molecule has 0 amide bonds. The van der Waals surface area contributed by atoms with Crippen molar-refractivity contribution in [3.8, 4) is 5.69 Å². The third-order valence-electron chi connectivity index (χ3n) is 2.98. The van der Waals surface area contributed by atoms with E-state index in [-0.39, 0.29) is 0 Å². The van der Waals surface area contributed by atoms with Gasteiger partial charge >= 0.3 is 0 Å². The topological polar surface area (TPSA) is 17.8 Å². The molecule has 0 unspecified atom stereocenters. The predicted molar refractivity (Wildman–Crippen MR) is 67.1 cm³/mol. The molecule has 0 aliphatic heterocycles. The number of rotatable bonds is 3. The molecule has 84 valence electrons. The van der Waals surface area contributed by atoms with E-state index in [0.717, 1.165) is 24.2 Å². The number of para-hydroxylation sites is 1. The molecule has 2 heteroatoms. The van der Waals surface area contributed by atoms with Crippen LogP contribution in [0.3, 0.4) is 0 Å². The van der Waals surface area contributed by atoms with E-state index in [9.17, 15) is 0 Å². The van der Waals surface area contributed by atoms with E-state index < -0.39 is 0 Å². The van der Waals surface area contributed by atoms with Crippen LogP contribution in [0, 0.1) is 6.92 Å². The summed E-state index contributed by atoms with van der Waals surface area (Å²) in [5, 5.41) is 4.64. The monoisotopic (exact) mass is 214 g/mol. The van der Waals surface area contributed by atoms with Crippen LogP contribution in [0.4, 0.5) is 0 Å². The van der Waals surface area contributed by atoms with Crippen LogP contribution in [0.2, 0.25) is 0 Å². The molecule has 0 atom stereocenters. The molecule has 1 aromatic heterocycles. The Kier molecular flexibility index (Phi) is 3.09. The number of aromatic nitrogens is 2. The predicted octanol–water partition coefficient (Wildman–Crippen LogP) is 3.31. The van der Waals surface area contributed by atoms with Crippen LogP contribution in [-0.2, 0) is 12.8 Å². The average molecular weight is 214 g/mol. The second-order valence-corrected chi connectivity index (χ2v) is 3.97. The Morgan fingerprint density at radius 3 is 2.31 bits per heavy atom. The molecule has 0 aliphatic rings. The van der Waals surface area contributed by atoms with E-state index in [1.165, 1.54) is 11.3 Å². The molecule has 1 heterocycles. The van der Waals surface area contributed by atoms with Crippen molar-refractivity contribution >= 4 is 0 Å². The fraction of sp³-hybridized carbons (Fsp3) is 0.357. The largest absolute Gasteiger partial charge is 0.237 e. The van der Waals surface area contributed by atoms with E-state index in [4.69, 9.17) is 0 Å². The summed E-state index contributed by atoms with van der Waals surface area (Å²) in [5.41, 5.74) is 5.04. The molecule has 0 aliphatic carbocycles. The van der Waals surface area contributed by atoms with Crippen LogP contribution in [-0.4, -0.2) is 9.78 Å². The van der Waals surface area contributed by atoms with Gasteiger partial charge in [-0.3, -0.25) is 0 Å². The van der Waals surface area contributed by atoms with Gasteiger partial charge in [-0.05, 0) is 37.5 Å². The fourth-order valence-corrected chi connectivity index (χ4v) is 2.21. The molecule has 16 heavy (non-hydrogen) atoms. The Labute approximate surface area is 96.9 Å². The molecule has 0 N–H and O–H groups in total. The van der Waals surface area contributed by atoms with Crippen LogP contribution in [0.1, 0.15) is 30.8 Å². The Bertz CT molecular complexity index is 469. The Hall–Kier alpha value is -1.57. The molecule has 2 nitrogen and oxygen atoms in total. The summed E-state index contributed by atoms with van der Waals surface area (Å²) in [6.07, 6.45) is 2.08. The lowest BCUT2D eigenvalue weighted by Gasteiger charge is -2.06. The van der Waals surface area contributed by atoms with Crippen molar-refractivity contribution < 1.29 is 0 Å². The number of aryl methyl sites for hydroxylation is 1. The van der Waals surface area contributed by atoms with E-state index in [0.29, 0.717) is 0 Å². The molecular weight excluding hydrogens is 196 g/mol. The minimum atomic E-state index is 1.03. The van der Waals surface area contributed by atoms with Gasteiger partial charge in [-0.25, -0.2) is 4.68 Å². The highest BCUT2D eigenvalue weighted by Crippen LogP contribution is 2.19. The molecule has 0 radical (unpaired) electrons. The summed E-state index contributed by atoms with van der Waals surface area (Å²) in [7, 11) is 0. The Morgan fingerprint density at radius 1 is 1.06 bits per heavy atom. The van der Waals surface area contributed by atoms with Gasteiger partial charge in [0.05, 0.1) is 11.4 Å². The van der Waals surface area contributed by atoms with Gasteiger partial charge < -0.3 is 0 Å². The highest BCUT2D eigenvalue weighted by Gasteiger charge is 2.12. The summed E-state index contributed by atoms with van der Waals surface area (Å²) in [6, 6.07) is 10.3. The smallest absolute Gasteiger partial charge is 0.0649 e. The lowest BCUT2D eigenvalue weighted by Crippen LogP contribution is -2.02. The van der Waals surface area contributed by atoms with Crippen LogP contribution < -0.4 is 0 Å². The van der Waals surface area contributed by atoms with E-state index in [1.807, 2.05) is 6.07 Å². The third kappa shape index (κ3) is 1.75. The van der Waals surface area contributed by atoms with Gasteiger partial charge in [0.15, 0.2) is 0 Å². The van der Waals surface area contributed by atoms with E-state index >= 15 is 0 Å². The molecule has 2 aromatic rings. The van der Waals surface area contributed by atoms with Gasteiger partial charge in [0.25, 0.3) is 0 Å². The van der Waals surface area contributed by atoms with Gasteiger partial charge in [-0.1, -0.05) is 32.0 Å². The quantitative estimate of drug-likeness (QED) is 0.766. The SMILES string of the molecule is CCc1c(C)nn(-c2ccccc2)c1CC. The lowest BCUT2D eigenvalue weighted by molar-refractivity contribution is 0.801. The number of hydrogen-bond donors (Lipinski definition) is 0. The zero-order valence-corrected chi connectivity index (χ0v) is 10.2. The van der Waals surface area contributed by atoms with Crippen molar-refractivity contribution in [1.29, 1.82) is 0 Å². The van der Waals surface area contributed by atoms with Crippen molar-refractivity contribution in [3.63, 3.8) is 0 Å². The number of hydrogen-bond acceptors (Lipinski definition) is 1. The molecule has 0 bridgehead atoms. The average Bonchev–Trinajstić information content (AvgIpc) is 2.66. The third-order valence-corrected chi connectivity index (χ3v) is 2.98. The first-order chi connectivity index (χ1) is 7.77. The van der Waals surface area contributed by atoms with E-state index in [2.05, 4.69) is 54.8 Å². The first-order valence-corrected chi connectivity index (χ1v) is 5.90. The van der Waals surface area contributed by atoms with Crippen LogP contribution in [0.15, 0.2) is 30.3 Å². The minimum Gasteiger partial charge on any atom is -0.237 e. The van der Waals surface area contributed by atoms with Crippen LogP contribution in [0.25, 0.3) is 5.69 Å². The number of nitrogens with zero attached hydrogens (tertiary/aromatic N) is 2. The zero-order valence-electron chi connectivity index (χ0n) is 10.2. The van der Waals surface area contributed by atoms with Crippen molar-refractivity contribution in [1.82, 2.24) is 9.78 Å². The Balaban J connectivity index is 2.57. The minimum absolute atomic E-state index is 1.03. The van der Waals surface area contributed by atoms with Crippen molar-refractivity contribution in [2.45, 2.75) is 33.6 Å². The highest BCUT2D eigenvalue weighted by atomic mass is 15.3. The molecule has 0 spiro atoms. The maximum absolute atomic E-state index is 4.64. The molecule has 1 aromatic carbocycles. The van der Waals surface area contributed by atoms with Gasteiger partial charge in [0.2, 0.25) is 0 Å². The normalized spacial score (nSPS) is 10.7. The van der Waals surface area contributed by atoms with Crippen LogP contribution in [0.5, 0.6) is 0 Å². The maximum atomic E-state index is 4.64. The molecule has 0 saturated carbocycles. The first kappa shape index (κ1) is 10.9. The summed E-state index contributed by atoms with van der Waals surface area (Å²) in [6.45, 7) is 6.48. The van der Waals surface area contributed by atoms with Crippen LogP contribution >= 0.6 is 0 Å². The molecule has 0 fully saturated rings. The van der Waals surface area contributed by atoms with Gasteiger partial charge in [-0.15, -0.1) is 0 Å². The summed E-state index contributed by atoms with van der Waals surface area (Å²) < 4.78 is 2.08. The number of benzene rings is 1. The first-order valence-electron chi connectivity index (χ1n) is 5.90. The molecular formula is C14H18N2. The molecule has 2 rings (SSSR count). The summed E-state index contributed by atoms with van der Waals surface area (Å²) >= 11 is 0. The standard InChI is InChI=1S/C14H18N2/c1-4-13-11(3)15-16(14(13)5-2)12-9-7-6-8-10-12/h6-10H,4-5H2,1-3H3.